The van der Waals surface area contributed by atoms with Crippen molar-refractivity contribution in [3.8, 4) is 0 Å². The topological polar surface area (TPSA) is 49.8 Å². The maximum Gasteiger partial charge on any atom is 0.0541 e. The van der Waals surface area contributed by atoms with Crippen molar-refractivity contribution in [3.05, 3.63) is 59.7 Å². The first-order chi connectivity index (χ1) is 11.1. The minimum Gasteiger partial charge on any atom is -0.314 e. The first kappa shape index (κ1) is 17.6. The highest BCUT2D eigenvalue weighted by Crippen LogP contribution is 2.04. The summed E-state index contributed by atoms with van der Waals surface area (Å²) in [6, 6.07) is 11.3. The van der Waals surface area contributed by atoms with Crippen LogP contribution < -0.4 is 10.6 Å². The Bertz CT molecular complexity index is 551. The Labute approximate surface area is 139 Å². The lowest BCUT2D eigenvalue weighted by molar-refractivity contribution is 0.545. The van der Waals surface area contributed by atoms with E-state index in [1.54, 1.807) is 0 Å². The van der Waals surface area contributed by atoms with Gasteiger partial charge in [-0.15, -0.1) is 0 Å². The Balaban J connectivity index is 1.71. The van der Waals surface area contributed by atoms with Crippen LogP contribution in [0.1, 0.15) is 37.7 Å². The number of nitrogens with zero attached hydrogens (tertiary/aromatic N) is 2. The quantitative estimate of drug-likeness (QED) is 0.747. The van der Waals surface area contributed by atoms with Crippen molar-refractivity contribution in [1.82, 2.24) is 20.6 Å². The molecule has 0 bridgehead atoms. The van der Waals surface area contributed by atoms with E-state index in [1.165, 1.54) is 5.56 Å². The van der Waals surface area contributed by atoms with Crippen molar-refractivity contribution >= 4 is 0 Å². The number of aromatic nitrogens is 2. The zero-order chi connectivity index (χ0) is 16.5. The summed E-state index contributed by atoms with van der Waals surface area (Å²) in [5, 5.41) is 6.94. The third-order valence-electron chi connectivity index (χ3n) is 3.72. The van der Waals surface area contributed by atoms with Gasteiger partial charge >= 0.3 is 0 Å². The second-order valence-electron chi connectivity index (χ2n) is 6.32. The van der Waals surface area contributed by atoms with Crippen LogP contribution in [-0.2, 0) is 19.4 Å². The lowest BCUT2D eigenvalue weighted by Gasteiger charge is -2.14. The Morgan fingerprint density at radius 3 is 2.48 bits per heavy atom. The van der Waals surface area contributed by atoms with Gasteiger partial charge in [0.05, 0.1) is 5.69 Å². The van der Waals surface area contributed by atoms with Crippen LogP contribution >= 0.6 is 0 Å². The van der Waals surface area contributed by atoms with E-state index < -0.39 is 0 Å². The molecule has 2 N–H and O–H groups in total. The Morgan fingerprint density at radius 1 is 0.957 bits per heavy atom. The molecule has 4 heteroatoms. The van der Waals surface area contributed by atoms with Crippen molar-refractivity contribution in [1.29, 1.82) is 0 Å². The van der Waals surface area contributed by atoms with Crippen molar-refractivity contribution in [2.24, 2.45) is 0 Å². The third kappa shape index (κ3) is 6.89. The van der Waals surface area contributed by atoms with E-state index in [1.807, 2.05) is 24.5 Å². The number of hydrogen-bond acceptors (Lipinski definition) is 4. The van der Waals surface area contributed by atoms with Gasteiger partial charge < -0.3 is 10.6 Å². The maximum absolute atomic E-state index is 4.53. The van der Waals surface area contributed by atoms with Gasteiger partial charge in [-0.3, -0.25) is 9.97 Å². The molecule has 0 aliphatic carbocycles. The van der Waals surface area contributed by atoms with Gasteiger partial charge in [0.25, 0.3) is 0 Å². The van der Waals surface area contributed by atoms with Gasteiger partial charge in [0.1, 0.15) is 0 Å². The molecule has 0 unspecified atom stereocenters. The van der Waals surface area contributed by atoms with Crippen LogP contribution in [0.3, 0.4) is 0 Å². The zero-order valence-electron chi connectivity index (χ0n) is 14.4. The molecular weight excluding hydrogens is 284 g/mol. The third-order valence-corrected chi connectivity index (χ3v) is 3.72. The summed E-state index contributed by atoms with van der Waals surface area (Å²) in [7, 11) is 0. The molecule has 2 heterocycles. The fourth-order valence-electron chi connectivity index (χ4n) is 2.41. The number of pyridine rings is 2. The summed E-state index contributed by atoms with van der Waals surface area (Å²) in [5.74, 6) is 0. The summed E-state index contributed by atoms with van der Waals surface area (Å²) >= 11 is 0. The predicted octanol–water partition coefficient (Wildman–Crippen LogP) is 2.74. The summed E-state index contributed by atoms with van der Waals surface area (Å²) in [5.41, 5.74) is 3.50. The Hall–Kier alpha value is -1.78. The fourth-order valence-corrected chi connectivity index (χ4v) is 2.41. The van der Waals surface area contributed by atoms with Gasteiger partial charge in [0.2, 0.25) is 0 Å². The van der Waals surface area contributed by atoms with E-state index in [9.17, 15) is 0 Å². The van der Waals surface area contributed by atoms with Gasteiger partial charge in [0.15, 0.2) is 0 Å². The van der Waals surface area contributed by atoms with Crippen LogP contribution in [0.2, 0.25) is 0 Å². The molecule has 2 aromatic rings. The zero-order valence-corrected chi connectivity index (χ0v) is 14.4. The molecule has 0 aliphatic rings. The predicted molar refractivity (Wildman–Crippen MR) is 95.3 cm³/mol. The first-order valence-electron chi connectivity index (χ1n) is 8.44. The molecule has 0 radical (unpaired) electrons. The van der Waals surface area contributed by atoms with Crippen LogP contribution in [0.4, 0.5) is 0 Å². The minimum atomic E-state index is 0.431. The van der Waals surface area contributed by atoms with E-state index in [-0.39, 0.29) is 0 Å². The second-order valence-corrected chi connectivity index (χ2v) is 6.32. The summed E-state index contributed by atoms with van der Waals surface area (Å²) in [4.78, 5) is 8.87. The molecule has 23 heavy (non-hydrogen) atoms. The molecule has 0 saturated carbocycles. The van der Waals surface area contributed by atoms with Crippen LogP contribution in [0.5, 0.6) is 0 Å². The monoisotopic (exact) mass is 312 g/mol. The molecule has 0 amide bonds. The normalized spacial score (nSPS) is 12.5. The van der Waals surface area contributed by atoms with Crippen LogP contribution in [0.15, 0.2) is 42.7 Å². The Morgan fingerprint density at radius 2 is 1.83 bits per heavy atom. The minimum absolute atomic E-state index is 0.431. The van der Waals surface area contributed by atoms with E-state index >= 15 is 0 Å². The molecule has 4 nitrogen and oxygen atoms in total. The smallest absolute Gasteiger partial charge is 0.0541 e. The highest BCUT2D eigenvalue weighted by Gasteiger charge is 2.04. The summed E-state index contributed by atoms with van der Waals surface area (Å²) < 4.78 is 0. The van der Waals surface area contributed by atoms with Gasteiger partial charge in [-0.1, -0.05) is 26.0 Å². The molecule has 0 spiro atoms. The van der Waals surface area contributed by atoms with Crippen LogP contribution in [-0.4, -0.2) is 28.6 Å². The lowest BCUT2D eigenvalue weighted by Crippen LogP contribution is -2.30. The highest BCUT2D eigenvalue weighted by molar-refractivity contribution is 5.15. The number of rotatable bonds is 9. The molecule has 0 aromatic carbocycles. The molecule has 0 saturated heterocycles. The Kier molecular flexibility index (Phi) is 7.17. The standard InChI is InChI=1S/C19H28N4/c1-15(2)22-14-19-8-7-17(13-23-19)12-16(3)20-11-9-18-6-4-5-10-21-18/h4-8,10,13,15-16,20,22H,9,11-12,14H2,1-3H3/t16-/m1/s1. The number of nitrogens with one attached hydrogen (secondary N) is 2. The van der Waals surface area contributed by atoms with Gasteiger partial charge in [-0.2, -0.15) is 0 Å². The van der Waals surface area contributed by atoms with Gasteiger partial charge in [0, 0.05) is 49.7 Å². The van der Waals surface area contributed by atoms with Crippen LogP contribution in [0.25, 0.3) is 0 Å². The summed E-state index contributed by atoms with van der Waals surface area (Å²) in [6.45, 7) is 8.28. The van der Waals surface area contributed by atoms with E-state index in [4.69, 9.17) is 0 Å². The average Bonchev–Trinajstić information content (AvgIpc) is 2.55. The van der Waals surface area contributed by atoms with Crippen LogP contribution in [0, 0.1) is 0 Å². The molecular formula is C19H28N4. The van der Waals surface area contributed by atoms with Gasteiger partial charge in [-0.25, -0.2) is 0 Å². The molecule has 2 aromatic heterocycles. The van der Waals surface area contributed by atoms with Crippen molar-refractivity contribution in [2.45, 2.75) is 52.2 Å². The average molecular weight is 312 g/mol. The molecule has 124 valence electrons. The lowest BCUT2D eigenvalue weighted by atomic mass is 10.1. The highest BCUT2D eigenvalue weighted by atomic mass is 14.9. The first-order valence-corrected chi connectivity index (χ1v) is 8.44. The van der Waals surface area contributed by atoms with E-state index in [2.05, 4.69) is 59.6 Å². The molecule has 1 atom stereocenters. The fraction of sp³-hybridized carbons (Fsp3) is 0.474. The molecule has 2 rings (SSSR count). The number of hydrogen-bond donors (Lipinski definition) is 2. The molecule has 0 fully saturated rings. The maximum atomic E-state index is 4.53. The SMILES string of the molecule is CC(C)NCc1ccc(C[C@@H](C)NCCc2ccccn2)cn1. The van der Waals surface area contributed by atoms with Gasteiger partial charge in [-0.05, 0) is 37.1 Å². The summed E-state index contributed by atoms with van der Waals surface area (Å²) in [6.07, 6.45) is 5.80. The van der Waals surface area contributed by atoms with E-state index in [0.717, 1.165) is 37.3 Å². The second kappa shape index (κ2) is 9.38. The molecule has 0 aliphatic heterocycles. The largest absolute Gasteiger partial charge is 0.314 e. The van der Waals surface area contributed by atoms with Crippen molar-refractivity contribution < 1.29 is 0 Å². The van der Waals surface area contributed by atoms with Crippen molar-refractivity contribution in [2.75, 3.05) is 6.54 Å². The van der Waals surface area contributed by atoms with Crippen molar-refractivity contribution in [3.63, 3.8) is 0 Å². The van der Waals surface area contributed by atoms with E-state index in [0.29, 0.717) is 12.1 Å².